The molecule has 0 aliphatic heterocycles. The standard InChI is InChI=1S/C9H6BrN5O2S/c10-7-1-2-8(13-5-7)15-9(18(12,16)17)6(3-11)4-14-15/h1-2,4-5H,(H2,12,16,17). The van der Waals surface area contributed by atoms with Crippen LogP contribution in [-0.4, -0.2) is 23.2 Å². The normalized spacial score (nSPS) is 11.2. The first-order chi connectivity index (χ1) is 8.43. The van der Waals surface area contributed by atoms with Crippen LogP contribution in [0.15, 0.2) is 34.0 Å². The Labute approximate surface area is 111 Å². The summed E-state index contributed by atoms with van der Waals surface area (Å²) >= 11 is 3.21. The third-order valence-corrected chi connectivity index (χ3v) is 3.44. The summed E-state index contributed by atoms with van der Waals surface area (Å²) in [7, 11) is -4.06. The molecular weight excluding hydrogens is 322 g/mol. The molecular formula is C9H6BrN5O2S. The van der Waals surface area contributed by atoms with E-state index in [0.29, 0.717) is 0 Å². The van der Waals surface area contributed by atoms with Crippen molar-refractivity contribution in [2.24, 2.45) is 5.14 Å². The van der Waals surface area contributed by atoms with E-state index in [1.54, 1.807) is 18.2 Å². The van der Waals surface area contributed by atoms with Crippen LogP contribution in [0.4, 0.5) is 0 Å². The highest BCUT2D eigenvalue weighted by atomic mass is 79.9. The van der Waals surface area contributed by atoms with Gasteiger partial charge in [-0.1, -0.05) is 0 Å². The van der Waals surface area contributed by atoms with Crippen LogP contribution < -0.4 is 5.14 Å². The van der Waals surface area contributed by atoms with Gasteiger partial charge in [0.1, 0.15) is 11.6 Å². The molecule has 2 rings (SSSR count). The molecule has 0 unspecified atom stereocenters. The summed E-state index contributed by atoms with van der Waals surface area (Å²) in [5.41, 5.74) is -0.123. The predicted molar refractivity (Wildman–Crippen MR) is 65.1 cm³/mol. The first-order valence-electron chi connectivity index (χ1n) is 4.56. The molecule has 0 aliphatic carbocycles. The molecule has 18 heavy (non-hydrogen) atoms. The number of pyridine rings is 1. The Morgan fingerprint density at radius 2 is 2.11 bits per heavy atom. The van der Waals surface area contributed by atoms with Gasteiger partial charge in [0.2, 0.25) is 0 Å². The van der Waals surface area contributed by atoms with Crippen molar-refractivity contribution >= 4 is 26.0 Å². The Morgan fingerprint density at radius 3 is 2.61 bits per heavy atom. The van der Waals surface area contributed by atoms with E-state index in [0.717, 1.165) is 15.4 Å². The van der Waals surface area contributed by atoms with Gasteiger partial charge in [-0.05, 0) is 28.1 Å². The molecule has 0 aromatic carbocycles. The summed E-state index contributed by atoms with van der Waals surface area (Å²) < 4.78 is 24.7. The van der Waals surface area contributed by atoms with Gasteiger partial charge in [-0.25, -0.2) is 23.2 Å². The van der Waals surface area contributed by atoms with Crippen molar-refractivity contribution in [3.63, 3.8) is 0 Å². The lowest BCUT2D eigenvalue weighted by Gasteiger charge is -2.04. The van der Waals surface area contributed by atoms with Gasteiger partial charge in [-0.3, -0.25) is 0 Å². The monoisotopic (exact) mass is 327 g/mol. The second-order valence-corrected chi connectivity index (χ2v) is 5.66. The molecule has 0 spiro atoms. The zero-order valence-electron chi connectivity index (χ0n) is 8.78. The highest BCUT2D eigenvalue weighted by Crippen LogP contribution is 2.18. The van der Waals surface area contributed by atoms with Gasteiger partial charge in [0.25, 0.3) is 10.0 Å². The van der Waals surface area contributed by atoms with Crippen molar-refractivity contribution in [3.05, 3.63) is 34.6 Å². The Bertz CT molecular complexity index is 729. The number of sulfonamides is 1. The lowest BCUT2D eigenvalue weighted by molar-refractivity contribution is 0.586. The molecule has 2 aromatic heterocycles. The van der Waals surface area contributed by atoms with Crippen molar-refractivity contribution in [2.75, 3.05) is 0 Å². The Morgan fingerprint density at radius 1 is 1.39 bits per heavy atom. The number of primary sulfonamides is 1. The van der Waals surface area contributed by atoms with E-state index in [2.05, 4.69) is 26.0 Å². The fraction of sp³-hybridized carbons (Fsp3) is 0. The fourth-order valence-corrected chi connectivity index (χ4v) is 2.37. The average Bonchev–Trinajstić information content (AvgIpc) is 2.73. The maximum absolute atomic E-state index is 11.5. The van der Waals surface area contributed by atoms with Crippen LogP contribution in [0, 0.1) is 11.3 Å². The largest absolute Gasteiger partial charge is 0.257 e. The van der Waals surface area contributed by atoms with Gasteiger partial charge in [0, 0.05) is 10.7 Å². The smallest absolute Gasteiger partial charge is 0.236 e. The van der Waals surface area contributed by atoms with E-state index in [4.69, 9.17) is 10.4 Å². The summed E-state index contributed by atoms with van der Waals surface area (Å²) in [5.74, 6) is 0.253. The summed E-state index contributed by atoms with van der Waals surface area (Å²) in [6.45, 7) is 0. The zero-order chi connectivity index (χ0) is 13.3. The highest BCUT2D eigenvalue weighted by molar-refractivity contribution is 9.10. The van der Waals surface area contributed by atoms with Crippen LogP contribution in [0.3, 0.4) is 0 Å². The van der Waals surface area contributed by atoms with Gasteiger partial charge >= 0.3 is 0 Å². The quantitative estimate of drug-likeness (QED) is 0.864. The number of rotatable bonds is 2. The van der Waals surface area contributed by atoms with Gasteiger partial charge in [-0.15, -0.1) is 0 Å². The van der Waals surface area contributed by atoms with E-state index in [1.165, 1.54) is 6.20 Å². The molecule has 2 N–H and O–H groups in total. The molecule has 0 atom stereocenters. The molecule has 0 aliphatic rings. The van der Waals surface area contributed by atoms with Crippen LogP contribution in [0.25, 0.3) is 5.82 Å². The number of nitrogens with two attached hydrogens (primary N) is 1. The van der Waals surface area contributed by atoms with Crippen LogP contribution in [-0.2, 0) is 10.0 Å². The molecule has 0 fully saturated rings. The van der Waals surface area contributed by atoms with Crippen LogP contribution in [0.1, 0.15) is 5.56 Å². The molecule has 0 saturated carbocycles. The maximum atomic E-state index is 11.5. The van der Waals surface area contributed by atoms with Crippen molar-refractivity contribution < 1.29 is 8.42 Å². The topological polar surface area (TPSA) is 115 Å². The second kappa shape index (κ2) is 4.49. The number of nitriles is 1. The van der Waals surface area contributed by atoms with E-state index < -0.39 is 10.0 Å². The molecule has 92 valence electrons. The van der Waals surface area contributed by atoms with Gasteiger partial charge in [0.05, 0.1) is 6.20 Å². The molecule has 7 nitrogen and oxygen atoms in total. The Balaban J connectivity index is 2.70. The Kier molecular flexibility index (Phi) is 3.16. The third kappa shape index (κ3) is 2.26. The number of hydrogen-bond donors (Lipinski definition) is 1. The lowest BCUT2D eigenvalue weighted by Crippen LogP contribution is -2.18. The second-order valence-electron chi connectivity index (χ2n) is 3.27. The van der Waals surface area contributed by atoms with Crippen LogP contribution in [0.2, 0.25) is 0 Å². The minimum absolute atomic E-state index is 0.123. The highest BCUT2D eigenvalue weighted by Gasteiger charge is 2.22. The SMILES string of the molecule is N#Cc1cnn(-c2ccc(Br)cn2)c1S(N)(=O)=O. The molecule has 0 bridgehead atoms. The average molecular weight is 328 g/mol. The lowest BCUT2D eigenvalue weighted by atomic mass is 10.4. The maximum Gasteiger partial charge on any atom is 0.257 e. The zero-order valence-corrected chi connectivity index (χ0v) is 11.2. The molecule has 2 aromatic rings. The molecule has 0 saturated heterocycles. The number of hydrogen-bond acceptors (Lipinski definition) is 5. The summed E-state index contributed by atoms with van der Waals surface area (Å²) in [5, 5.41) is 17.3. The first-order valence-corrected chi connectivity index (χ1v) is 6.90. The third-order valence-electron chi connectivity index (χ3n) is 2.04. The minimum atomic E-state index is -4.06. The Hall–Kier alpha value is -1.76. The van der Waals surface area contributed by atoms with Crippen molar-refractivity contribution in [1.29, 1.82) is 5.26 Å². The number of nitrogens with zero attached hydrogens (tertiary/aromatic N) is 4. The predicted octanol–water partition coefficient (Wildman–Crippen LogP) is 0.549. The van der Waals surface area contributed by atoms with Gasteiger partial charge < -0.3 is 0 Å². The molecule has 9 heteroatoms. The van der Waals surface area contributed by atoms with E-state index in [1.807, 2.05) is 0 Å². The van der Waals surface area contributed by atoms with Gasteiger partial charge in [-0.2, -0.15) is 10.4 Å². The van der Waals surface area contributed by atoms with E-state index in [-0.39, 0.29) is 16.4 Å². The fourth-order valence-electron chi connectivity index (χ4n) is 1.34. The van der Waals surface area contributed by atoms with E-state index >= 15 is 0 Å². The summed E-state index contributed by atoms with van der Waals surface area (Å²) in [6.07, 6.45) is 2.61. The first kappa shape index (κ1) is 12.7. The van der Waals surface area contributed by atoms with Crippen LogP contribution >= 0.6 is 15.9 Å². The summed E-state index contributed by atoms with van der Waals surface area (Å²) in [6, 6.07) is 4.94. The van der Waals surface area contributed by atoms with Crippen molar-refractivity contribution in [1.82, 2.24) is 14.8 Å². The van der Waals surface area contributed by atoms with Gasteiger partial charge in [0.15, 0.2) is 10.8 Å². The molecule has 0 radical (unpaired) electrons. The number of aromatic nitrogens is 3. The summed E-state index contributed by atoms with van der Waals surface area (Å²) in [4.78, 5) is 3.99. The molecule has 0 amide bonds. The van der Waals surface area contributed by atoms with Crippen molar-refractivity contribution in [2.45, 2.75) is 5.03 Å². The van der Waals surface area contributed by atoms with Crippen molar-refractivity contribution in [3.8, 4) is 11.9 Å². The number of halogens is 1. The minimum Gasteiger partial charge on any atom is -0.236 e. The molecule has 2 heterocycles. The van der Waals surface area contributed by atoms with E-state index in [9.17, 15) is 8.42 Å². The van der Waals surface area contributed by atoms with Crippen LogP contribution in [0.5, 0.6) is 0 Å².